The van der Waals surface area contributed by atoms with Gasteiger partial charge in [-0.25, -0.2) is 4.98 Å². The molecule has 136 valence electrons. The molecule has 7 nitrogen and oxygen atoms in total. The van der Waals surface area contributed by atoms with E-state index in [-0.39, 0.29) is 11.9 Å². The Balaban J connectivity index is 1.45. The van der Waals surface area contributed by atoms with Crippen molar-refractivity contribution in [3.63, 3.8) is 0 Å². The molecule has 0 saturated carbocycles. The van der Waals surface area contributed by atoms with Crippen LogP contribution in [0.2, 0.25) is 0 Å². The molecule has 8 heteroatoms. The van der Waals surface area contributed by atoms with Gasteiger partial charge in [-0.2, -0.15) is 4.98 Å². The summed E-state index contributed by atoms with van der Waals surface area (Å²) in [6.07, 6.45) is 2.68. The van der Waals surface area contributed by atoms with Gasteiger partial charge in [-0.05, 0) is 25.7 Å². The highest BCUT2D eigenvalue weighted by Crippen LogP contribution is 2.16. The van der Waals surface area contributed by atoms with Gasteiger partial charge in [0.1, 0.15) is 4.88 Å². The summed E-state index contributed by atoms with van der Waals surface area (Å²) in [5, 5.41) is 7.20. The molecular formula is C17H25N5O2S. The lowest BCUT2D eigenvalue weighted by molar-refractivity contribution is 0.0911. The Kier molecular flexibility index (Phi) is 5.80. The van der Waals surface area contributed by atoms with Gasteiger partial charge in [0, 0.05) is 25.6 Å². The number of carbonyl (C=O) groups excluding carboxylic acids is 1. The van der Waals surface area contributed by atoms with E-state index in [1.54, 1.807) is 5.51 Å². The van der Waals surface area contributed by atoms with Crippen LogP contribution in [0.3, 0.4) is 0 Å². The van der Waals surface area contributed by atoms with Crippen molar-refractivity contribution >= 4 is 17.2 Å². The fraction of sp³-hybridized carbons (Fsp3) is 0.647. The Hall–Kier alpha value is -1.80. The molecular weight excluding hydrogens is 338 g/mol. The van der Waals surface area contributed by atoms with E-state index >= 15 is 0 Å². The Morgan fingerprint density at radius 1 is 1.44 bits per heavy atom. The summed E-state index contributed by atoms with van der Waals surface area (Å²) < 4.78 is 5.29. The van der Waals surface area contributed by atoms with Gasteiger partial charge in [0.25, 0.3) is 5.91 Å². The summed E-state index contributed by atoms with van der Waals surface area (Å²) in [6.45, 7) is 8.68. The number of nitrogens with one attached hydrogen (secondary N) is 1. The molecule has 0 aliphatic carbocycles. The average Bonchev–Trinajstić information content (AvgIpc) is 3.17. The first kappa shape index (κ1) is 18.0. The number of rotatable bonds is 6. The van der Waals surface area contributed by atoms with Crippen LogP contribution in [-0.2, 0) is 13.0 Å². The number of carbonyl (C=O) groups is 1. The third kappa shape index (κ3) is 4.85. The summed E-state index contributed by atoms with van der Waals surface area (Å²) in [6, 6.07) is 0.215. The first-order chi connectivity index (χ1) is 12.0. The Bertz CT molecular complexity index is 703. The highest BCUT2D eigenvalue weighted by atomic mass is 32.1. The second-order valence-electron chi connectivity index (χ2n) is 6.99. The standard InChI is InChI=1S/C17H25N5O2S/c1-11(2)8-15-20-14(21-24-15)9-22-6-4-13(5-7-22)19-17(23)16-12(3)18-10-25-16/h10-11,13H,4-9H2,1-3H3,(H,19,23). The summed E-state index contributed by atoms with van der Waals surface area (Å²) in [5.41, 5.74) is 2.51. The van der Waals surface area contributed by atoms with Gasteiger partial charge >= 0.3 is 0 Å². The number of aryl methyl sites for hydroxylation is 1. The van der Waals surface area contributed by atoms with Gasteiger partial charge < -0.3 is 9.84 Å². The molecule has 3 heterocycles. The molecule has 25 heavy (non-hydrogen) atoms. The lowest BCUT2D eigenvalue weighted by Gasteiger charge is -2.31. The second kappa shape index (κ2) is 8.05. The second-order valence-corrected chi connectivity index (χ2v) is 7.85. The largest absolute Gasteiger partial charge is 0.348 e. The zero-order valence-electron chi connectivity index (χ0n) is 15.0. The maximum atomic E-state index is 12.3. The van der Waals surface area contributed by atoms with Crippen LogP contribution in [0.1, 0.15) is 53.8 Å². The smallest absolute Gasteiger partial charge is 0.263 e. The van der Waals surface area contributed by atoms with Gasteiger partial charge in [0.15, 0.2) is 5.82 Å². The van der Waals surface area contributed by atoms with Gasteiger partial charge in [-0.15, -0.1) is 11.3 Å². The zero-order valence-corrected chi connectivity index (χ0v) is 15.8. The number of hydrogen-bond acceptors (Lipinski definition) is 7. The van der Waals surface area contributed by atoms with Crippen molar-refractivity contribution < 1.29 is 9.32 Å². The molecule has 1 aliphatic heterocycles. The summed E-state index contributed by atoms with van der Waals surface area (Å²) in [5.74, 6) is 1.97. The minimum atomic E-state index is -0.00468. The summed E-state index contributed by atoms with van der Waals surface area (Å²) in [4.78, 5) is 23.9. The molecule has 1 saturated heterocycles. The van der Waals surface area contributed by atoms with Crippen LogP contribution in [0.4, 0.5) is 0 Å². The van der Waals surface area contributed by atoms with Crippen molar-refractivity contribution in [1.82, 2.24) is 25.3 Å². The van der Waals surface area contributed by atoms with Crippen LogP contribution >= 0.6 is 11.3 Å². The van der Waals surface area contributed by atoms with Crippen LogP contribution < -0.4 is 5.32 Å². The van der Waals surface area contributed by atoms with Gasteiger partial charge in [0.05, 0.1) is 17.7 Å². The predicted molar refractivity (Wildman–Crippen MR) is 95.5 cm³/mol. The highest BCUT2D eigenvalue weighted by molar-refractivity contribution is 7.11. The molecule has 1 amide bonds. The van der Waals surface area contributed by atoms with Crippen molar-refractivity contribution in [2.45, 2.75) is 52.6 Å². The van der Waals surface area contributed by atoms with E-state index in [2.05, 4.69) is 39.2 Å². The number of amides is 1. The van der Waals surface area contributed by atoms with Gasteiger partial charge in [-0.1, -0.05) is 19.0 Å². The SMILES string of the molecule is Cc1ncsc1C(=O)NC1CCN(Cc2noc(CC(C)C)n2)CC1. The fourth-order valence-electron chi connectivity index (χ4n) is 2.99. The minimum absolute atomic E-state index is 0.00468. The van der Waals surface area contributed by atoms with Crippen LogP contribution in [0.5, 0.6) is 0 Å². The molecule has 2 aromatic heterocycles. The van der Waals surface area contributed by atoms with E-state index in [4.69, 9.17) is 4.52 Å². The molecule has 3 rings (SSSR count). The molecule has 0 bridgehead atoms. The van der Waals surface area contributed by atoms with Gasteiger partial charge in [0.2, 0.25) is 5.89 Å². The van der Waals surface area contributed by atoms with Crippen LogP contribution in [0, 0.1) is 12.8 Å². The normalized spacial score (nSPS) is 16.5. The molecule has 0 atom stereocenters. The summed E-state index contributed by atoms with van der Waals surface area (Å²) >= 11 is 1.39. The number of nitrogens with zero attached hydrogens (tertiary/aromatic N) is 4. The first-order valence-corrected chi connectivity index (χ1v) is 9.64. The van der Waals surface area contributed by atoms with Crippen molar-refractivity contribution in [3.8, 4) is 0 Å². The molecule has 0 radical (unpaired) electrons. The Morgan fingerprint density at radius 2 is 2.20 bits per heavy atom. The van der Waals surface area contributed by atoms with Crippen LogP contribution in [0.25, 0.3) is 0 Å². The molecule has 1 N–H and O–H groups in total. The molecule has 0 aromatic carbocycles. The minimum Gasteiger partial charge on any atom is -0.348 e. The highest BCUT2D eigenvalue weighted by Gasteiger charge is 2.23. The van der Waals surface area contributed by atoms with Crippen molar-refractivity contribution in [1.29, 1.82) is 0 Å². The van der Waals surface area contributed by atoms with E-state index in [1.165, 1.54) is 11.3 Å². The Morgan fingerprint density at radius 3 is 2.84 bits per heavy atom. The van der Waals surface area contributed by atoms with E-state index in [9.17, 15) is 4.79 Å². The zero-order chi connectivity index (χ0) is 17.8. The monoisotopic (exact) mass is 363 g/mol. The number of likely N-dealkylation sites (tertiary alicyclic amines) is 1. The third-order valence-corrected chi connectivity index (χ3v) is 5.26. The first-order valence-electron chi connectivity index (χ1n) is 8.76. The van der Waals surface area contributed by atoms with E-state index in [0.29, 0.717) is 23.2 Å². The quantitative estimate of drug-likeness (QED) is 0.848. The molecule has 0 unspecified atom stereocenters. The van der Waals surface area contributed by atoms with Crippen molar-refractivity contribution in [3.05, 3.63) is 27.8 Å². The number of hydrogen-bond donors (Lipinski definition) is 1. The predicted octanol–water partition coefficient (Wildman–Crippen LogP) is 2.43. The number of piperidine rings is 1. The molecule has 1 aliphatic rings. The lowest BCUT2D eigenvalue weighted by atomic mass is 10.0. The topological polar surface area (TPSA) is 84.2 Å². The number of thiazole rings is 1. The van der Waals surface area contributed by atoms with E-state index < -0.39 is 0 Å². The van der Waals surface area contributed by atoms with E-state index in [0.717, 1.165) is 43.9 Å². The van der Waals surface area contributed by atoms with Crippen molar-refractivity contribution in [2.75, 3.05) is 13.1 Å². The molecule has 1 fully saturated rings. The van der Waals surface area contributed by atoms with Gasteiger partial charge in [-0.3, -0.25) is 9.69 Å². The van der Waals surface area contributed by atoms with Crippen LogP contribution in [-0.4, -0.2) is 45.1 Å². The summed E-state index contributed by atoms with van der Waals surface area (Å²) in [7, 11) is 0. The number of aromatic nitrogens is 3. The van der Waals surface area contributed by atoms with Crippen molar-refractivity contribution in [2.24, 2.45) is 5.92 Å². The Labute approximate surface area is 151 Å². The molecule has 2 aromatic rings. The van der Waals surface area contributed by atoms with Crippen LogP contribution in [0.15, 0.2) is 10.0 Å². The average molecular weight is 363 g/mol. The third-order valence-electron chi connectivity index (χ3n) is 4.33. The van der Waals surface area contributed by atoms with E-state index in [1.807, 2.05) is 6.92 Å². The maximum Gasteiger partial charge on any atom is 0.263 e. The molecule has 0 spiro atoms. The lowest BCUT2D eigenvalue weighted by Crippen LogP contribution is -2.44. The maximum absolute atomic E-state index is 12.3. The fourth-order valence-corrected chi connectivity index (χ4v) is 3.70.